The molecule has 3 heterocycles. The Morgan fingerprint density at radius 3 is 2.61 bits per heavy atom. The second kappa shape index (κ2) is 4.56. The lowest BCUT2D eigenvalue weighted by atomic mass is 9.73. The number of rotatable bonds is 3. The number of hydrogen-bond acceptors (Lipinski definition) is 3. The maximum absolute atomic E-state index is 9.93. The normalized spacial score (nSPS) is 34.6. The number of aliphatic hydroxyl groups excluding tert-OH is 1. The number of benzene rings is 1. The predicted molar refractivity (Wildman–Crippen MR) is 73.8 cm³/mol. The van der Waals surface area contributed by atoms with Crippen molar-refractivity contribution in [3.05, 3.63) is 29.8 Å². The summed E-state index contributed by atoms with van der Waals surface area (Å²) >= 11 is 0. The fraction of sp³-hybridized carbons (Fsp3) is 0.600. The summed E-state index contributed by atoms with van der Waals surface area (Å²) in [6, 6.07) is 8.35. The molecular weight excluding hydrogens is 224 g/mol. The number of para-hydroxylation sites is 1. The molecule has 18 heavy (non-hydrogen) atoms. The van der Waals surface area contributed by atoms with Crippen LogP contribution < -0.4 is 5.32 Å². The van der Waals surface area contributed by atoms with Crippen molar-refractivity contribution in [1.82, 2.24) is 4.90 Å². The van der Waals surface area contributed by atoms with Crippen LogP contribution >= 0.6 is 0 Å². The molecule has 1 atom stereocenters. The second-order valence-corrected chi connectivity index (χ2v) is 5.80. The van der Waals surface area contributed by atoms with Crippen LogP contribution in [-0.4, -0.2) is 41.8 Å². The van der Waals surface area contributed by atoms with Gasteiger partial charge in [0.15, 0.2) is 0 Å². The van der Waals surface area contributed by atoms with Gasteiger partial charge in [-0.1, -0.05) is 18.2 Å². The van der Waals surface area contributed by atoms with Crippen molar-refractivity contribution >= 4 is 5.69 Å². The second-order valence-electron chi connectivity index (χ2n) is 5.80. The summed E-state index contributed by atoms with van der Waals surface area (Å²) in [4.78, 5) is 2.47. The maximum atomic E-state index is 9.93. The number of nitrogens with zero attached hydrogens (tertiary/aromatic N) is 1. The minimum Gasteiger partial charge on any atom is -0.394 e. The topological polar surface area (TPSA) is 35.5 Å². The zero-order valence-electron chi connectivity index (χ0n) is 11.0. The molecule has 3 aliphatic rings. The number of fused-ring (bicyclic) bond motifs is 3. The number of piperidine rings is 3. The van der Waals surface area contributed by atoms with E-state index in [0.717, 1.165) is 6.54 Å². The van der Waals surface area contributed by atoms with Gasteiger partial charge in [0.1, 0.15) is 0 Å². The molecule has 0 amide bonds. The zero-order valence-corrected chi connectivity index (χ0v) is 11.0. The molecule has 3 aliphatic heterocycles. The van der Waals surface area contributed by atoms with Gasteiger partial charge in [0.25, 0.3) is 0 Å². The zero-order chi connectivity index (χ0) is 12.6. The van der Waals surface area contributed by atoms with Crippen molar-refractivity contribution in [2.45, 2.75) is 25.3 Å². The minimum absolute atomic E-state index is 0.136. The minimum atomic E-state index is -0.136. The first kappa shape index (κ1) is 12.0. The van der Waals surface area contributed by atoms with E-state index in [0.29, 0.717) is 5.92 Å². The Labute approximate surface area is 109 Å². The summed E-state index contributed by atoms with van der Waals surface area (Å²) in [6.45, 7) is 5.71. The van der Waals surface area contributed by atoms with Crippen LogP contribution in [0, 0.1) is 12.8 Å². The first-order valence-electron chi connectivity index (χ1n) is 6.90. The lowest BCUT2D eigenvalue weighted by Crippen LogP contribution is -2.64. The largest absolute Gasteiger partial charge is 0.394 e. The van der Waals surface area contributed by atoms with Gasteiger partial charge in [0.05, 0.1) is 12.1 Å². The van der Waals surface area contributed by atoms with Crippen molar-refractivity contribution in [1.29, 1.82) is 0 Å². The Kier molecular flexibility index (Phi) is 3.04. The number of hydrogen-bond donors (Lipinski definition) is 2. The fourth-order valence-electron chi connectivity index (χ4n) is 3.51. The summed E-state index contributed by atoms with van der Waals surface area (Å²) in [6.07, 6.45) is 2.42. The van der Waals surface area contributed by atoms with Gasteiger partial charge in [-0.2, -0.15) is 0 Å². The van der Waals surface area contributed by atoms with Gasteiger partial charge >= 0.3 is 0 Å². The molecule has 2 N–H and O–H groups in total. The highest BCUT2D eigenvalue weighted by molar-refractivity contribution is 5.53. The molecule has 0 aromatic heterocycles. The standard InChI is InChI=1S/C15H22N2O/c1-12-4-2-3-5-14(12)16-15(11-18)10-17-8-6-13(15)7-9-17/h2-5,13,16,18H,6-11H2,1H3. The van der Waals surface area contributed by atoms with Crippen molar-refractivity contribution in [3.63, 3.8) is 0 Å². The van der Waals surface area contributed by atoms with Crippen molar-refractivity contribution in [2.75, 3.05) is 31.6 Å². The van der Waals surface area contributed by atoms with Crippen molar-refractivity contribution in [3.8, 4) is 0 Å². The average Bonchev–Trinajstić information content (AvgIpc) is 2.43. The van der Waals surface area contributed by atoms with Crippen LogP contribution in [0.3, 0.4) is 0 Å². The molecule has 3 fully saturated rings. The van der Waals surface area contributed by atoms with Crippen molar-refractivity contribution in [2.24, 2.45) is 5.92 Å². The lowest BCUT2D eigenvalue weighted by molar-refractivity contribution is 0.00915. The molecule has 2 bridgehead atoms. The monoisotopic (exact) mass is 246 g/mol. The van der Waals surface area contributed by atoms with Crippen molar-refractivity contribution < 1.29 is 5.11 Å². The molecule has 0 saturated carbocycles. The van der Waals surface area contributed by atoms with E-state index >= 15 is 0 Å². The Morgan fingerprint density at radius 1 is 1.33 bits per heavy atom. The van der Waals surface area contributed by atoms with Crippen LogP contribution in [-0.2, 0) is 0 Å². The van der Waals surface area contributed by atoms with E-state index in [4.69, 9.17) is 0 Å². The number of aliphatic hydroxyl groups is 1. The van der Waals surface area contributed by atoms with Crippen LogP contribution in [0.5, 0.6) is 0 Å². The molecular formula is C15H22N2O. The smallest absolute Gasteiger partial charge is 0.0759 e. The third kappa shape index (κ3) is 1.91. The van der Waals surface area contributed by atoms with Crippen LogP contribution in [0.15, 0.2) is 24.3 Å². The Hall–Kier alpha value is -1.06. The van der Waals surface area contributed by atoms with Gasteiger partial charge in [0.2, 0.25) is 0 Å². The predicted octanol–water partition coefficient (Wildman–Crippen LogP) is 1.86. The highest BCUT2D eigenvalue weighted by atomic mass is 16.3. The fourth-order valence-corrected chi connectivity index (χ4v) is 3.51. The summed E-state index contributed by atoms with van der Waals surface area (Å²) in [5.41, 5.74) is 2.28. The molecule has 0 aliphatic carbocycles. The number of anilines is 1. The summed E-state index contributed by atoms with van der Waals surface area (Å²) in [5, 5.41) is 13.6. The molecule has 1 aromatic rings. The quantitative estimate of drug-likeness (QED) is 0.854. The van der Waals surface area contributed by atoms with Gasteiger partial charge in [-0.05, 0) is 50.4 Å². The third-order valence-electron chi connectivity index (χ3n) is 4.69. The molecule has 3 heteroatoms. The summed E-state index contributed by atoms with van der Waals surface area (Å²) < 4.78 is 0. The van der Waals surface area contributed by atoms with Crippen LogP contribution in [0.2, 0.25) is 0 Å². The SMILES string of the molecule is Cc1ccccc1NC1(CO)CN2CCC1CC2. The molecule has 3 saturated heterocycles. The Morgan fingerprint density at radius 2 is 2.06 bits per heavy atom. The van der Waals surface area contributed by atoms with E-state index in [1.807, 2.05) is 0 Å². The van der Waals surface area contributed by atoms with E-state index in [1.165, 1.54) is 37.2 Å². The molecule has 1 aromatic carbocycles. The molecule has 0 spiro atoms. The van der Waals surface area contributed by atoms with Crippen LogP contribution in [0.25, 0.3) is 0 Å². The first-order valence-corrected chi connectivity index (χ1v) is 6.90. The van der Waals surface area contributed by atoms with E-state index < -0.39 is 0 Å². The molecule has 1 unspecified atom stereocenters. The number of aryl methyl sites for hydroxylation is 1. The van der Waals surface area contributed by atoms with Gasteiger partial charge in [-0.25, -0.2) is 0 Å². The van der Waals surface area contributed by atoms with Gasteiger partial charge in [0, 0.05) is 12.2 Å². The van der Waals surface area contributed by atoms with Gasteiger partial charge < -0.3 is 15.3 Å². The molecule has 98 valence electrons. The van der Waals surface area contributed by atoms with Crippen LogP contribution in [0.4, 0.5) is 5.69 Å². The highest BCUT2D eigenvalue weighted by Gasteiger charge is 2.46. The van der Waals surface area contributed by atoms with E-state index in [-0.39, 0.29) is 12.1 Å². The Bertz CT molecular complexity index is 426. The Balaban J connectivity index is 1.87. The average molecular weight is 246 g/mol. The maximum Gasteiger partial charge on any atom is 0.0759 e. The molecule has 0 radical (unpaired) electrons. The van der Waals surface area contributed by atoms with E-state index in [1.54, 1.807) is 0 Å². The lowest BCUT2D eigenvalue weighted by Gasteiger charge is -2.53. The van der Waals surface area contributed by atoms with Crippen LogP contribution in [0.1, 0.15) is 18.4 Å². The van der Waals surface area contributed by atoms with E-state index in [9.17, 15) is 5.11 Å². The first-order chi connectivity index (χ1) is 8.73. The summed E-state index contributed by atoms with van der Waals surface area (Å²) in [5.74, 6) is 0.604. The third-order valence-corrected chi connectivity index (χ3v) is 4.69. The van der Waals surface area contributed by atoms with Gasteiger partial charge in [-0.3, -0.25) is 0 Å². The molecule has 3 nitrogen and oxygen atoms in total. The molecule has 4 rings (SSSR count). The number of nitrogens with one attached hydrogen (secondary N) is 1. The van der Waals surface area contributed by atoms with Gasteiger partial charge in [-0.15, -0.1) is 0 Å². The van der Waals surface area contributed by atoms with E-state index in [2.05, 4.69) is 41.4 Å². The highest BCUT2D eigenvalue weighted by Crippen LogP contribution is 2.38. The summed E-state index contributed by atoms with van der Waals surface area (Å²) in [7, 11) is 0.